The number of likely N-dealkylation sites (N-methyl/N-ethyl adjacent to an activating group) is 1. The highest BCUT2D eigenvalue weighted by atomic mass is 15.2. The zero-order valence-corrected chi connectivity index (χ0v) is 12.3. The molecule has 19 heavy (non-hydrogen) atoms. The number of aromatic nitrogens is 2. The van der Waals surface area contributed by atoms with Gasteiger partial charge in [-0.15, -0.1) is 0 Å². The number of piperidine rings is 1. The predicted molar refractivity (Wildman–Crippen MR) is 79.9 cm³/mol. The highest BCUT2D eigenvalue weighted by Gasteiger charge is 2.20. The topological polar surface area (TPSA) is 44.3 Å². The molecule has 0 unspecified atom stereocenters. The Labute approximate surface area is 116 Å². The van der Waals surface area contributed by atoms with Crippen LogP contribution >= 0.6 is 0 Å². The van der Waals surface area contributed by atoms with Crippen molar-refractivity contribution in [2.45, 2.75) is 32.7 Å². The molecule has 1 aromatic heterocycles. The van der Waals surface area contributed by atoms with Crippen LogP contribution in [0.15, 0.2) is 12.4 Å². The number of nitrogens with one attached hydrogen (secondary N) is 1. The second-order valence-corrected chi connectivity index (χ2v) is 4.98. The van der Waals surface area contributed by atoms with Crippen molar-refractivity contribution in [3.63, 3.8) is 0 Å². The molecule has 2 rings (SSSR count). The first-order valence-electron chi connectivity index (χ1n) is 7.27. The van der Waals surface area contributed by atoms with Crippen LogP contribution in [-0.2, 0) is 0 Å². The summed E-state index contributed by atoms with van der Waals surface area (Å²) in [5, 5.41) is 3.37. The van der Waals surface area contributed by atoms with Crippen molar-refractivity contribution >= 4 is 11.6 Å². The molecule has 1 fully saturated rings. The lowest BCUT2D eigenvalue weighted by Crippen LogP contribution is -2.44. The molecular formula is C14H25N5. The molecule has 1 aromatic rings. The molecule has 1 saturated heterocycles. The average molecular weight is 263 g/mol. The molecule has 0 spiro atoms. The standard InChI is InChI=1S/C14H25N5/c1-4-18(5-2)13-9-14(17-11-16-13)19-8-6-7-12(10-19)15-3/h9,11-12,15H,4-8,10H2,1-3H3/t12-/m0/s1. The van der Waals surface area contributed by atoms with E-state index >= 15 is 0 Å². The Morgan fingerprint density at radius 1 is 1.37 bits per heavy atom. The molecule has 0 aliphatic carbocycles. The third kappa shape index (κ3) is 3.35. The van der Waals surface area contributed by atoms with E-state index < -0.39 is 0 Å². The number of hydrogen-bond acceptors (Lipinski definition) is 5. The molecule has 106 valence electrons. The molecule has 5 nitrogen and oxygen atoms in total. The van der Waals surface area contributed by atoms with E-state index in [0.29, 0.717) is 6.04 Å². The maximum absolute atomic E-state index is 4.44. The fourth-order valence-electron chi connectivity index (χ4n) is 2.65. The third-order valence-electron chi connectivity index (χ3n) is 3.88. The second-order valence-electron chi connectivity index (χ2n) is 4.98. The van der Waals surface area contributed by atoms with Crippen molar-refractivity contribution in [1.29, 1.82) is 0 Å². The number of anilines is 2. The minimum atomic E-state index is 0.570. The van der Waals surface area contributed by atoms with Crippen molar-refractivity contribution < 1.29 is 0 Å². The zero-order valence-electron chi connectivity index (χ0n) is 12.3. The van der Waals surface area contributed by atoms with E-state index in [2.05, 4.69) is 45.0 Å². The molecule has 0 saturated carbocycles. The van der Waals surface area contributed by atoms with Gasteiger partial charge in [-0.05, 0) is 33.7 Å². The molecule has 1 atom stereocenters. The number of hydrogen-bond donors (Lipinski definition) is 1. The molecule has 0 aromatic carbocycles. The van der Waals surface area contributed by atoms with E-state index in [1.54, 1.807) is 6.33 Å². The predicted octanol–water partition coefficient (Wildman–Crippen LogP) is 1.51. The minimum absolute atomic E-state index is 0.570. The third-order valence-corrected chi connectivity index (χ3v) is 3.88. The van der Waals surface area contributed by atoms with Crippen LogP contribution in [0.1, 0.15) is 26.7 Å². The highest BCUT2D eigenvalue weighted by molar-refractivity contribution is 5.50. The first-order valence-corrected chi connectivity index (χ1v) is 7.27. The van der Waals surface area contributed by atoms with Crippen molar-refractivity contribution in [2.75, 3.05) is 43.0 Å². The van der Waals surface area contributed by atoms with Crippen molar-refractivity contribution in [2.24, 2.45) is 0 Å². The van der Waals surface area contributed by atoms with Crippen LogP contribution < -0.4 is 15.1 Å². The van der Waals surface area contributed by atoms with Gasteiger partial charge in [-0.1, -0.05) is 0 Å². The summed E-state index contributed by atoms with van der Waals surface area (Å²) >= 11 is 0. The molecule has 5 heteroatoms. The van der Waals surface area contributed by atoms with Gasteiger partial charge in [0.2, 0.25) is 0 Å². The van der Waals surface area contributed by atoms with Gasteiger partial charge in [0.05, 0.1) is 0 Å². The summed E-state index contributed by atoms with van der Waals surface area (Å²) in [5.74, 6) is 2.08. The normalized spacial score (nSPS) is 19.5. The van der Waals surface area contributed by atoms with Gasteiger partial charge in [0.15, 0.2) is 0 Å². The summed E-state index contributed by atoms with van der Waals surface area (Å²) in [6, 6.07) is 2.69. The van der Waals surface area contributed by atoms with Crippen LogP contribution in [0.25, 0.3) is 0 Å². The van der Waals surface area contributed by atoms with Gasteiger partial charge in [-0.3, -0.25) is 0 Å². The second kappa shape index (κ2) is 6.70. The fraction of sp³-hybridized carbons (Fsp3) is 0.714. The Kier molecular flexibility index (Phi) is 4.96. The van der Waals surface area contributed by atoms with Gasteiger partial charge in [0.25, 0.3) is 0 Å². The van der Waals surface area contributed by atoms with Gasteiger partial charge in [-0.25, -0.2) is 9.97 Å². The van der Waals surface area contributed by atoms with Crippen molar-refractivity contribution in [3.8, 4) is 0 Å². The van der Waals surface area contributed by atoms with Crippen LogP contribution in [0.5, 0.6) is 0 Å². The first-order chi connectivity index (χ1) is 9.28. The van der Waals surface area contributed by atoms with Crippen LogP contribution in [0, 0.1) is 0 Å². The van der Waals surface area contributed by atoms with E-state index in [-0.39, 0.29) is 0 Å². The Hall–Kier alpha value is -1.36. The zero-order chi connectivity index (χ0) is 13.7. The fourth-order valence-corrected chi connectivity index (χ4v) is 2.65. The van der Waals surface area contributed by atoms with Crippen LogP contribution in [0.3, 0.4) is 0 Å². The van der Waals surface area contributed by atoms with E-state index in [0.717, 1.165) is 37.8 Å². The Morgan fingerprint density at radius 2 is 2.16 bits per heavy atom. The van der Waals surface area contributed by atoms with Crippen LogP contribution in [-0.4, -0.2) is 49.2 Å². The summed E-state index contributed by atoms with van der Waals surface area (Å²) in [5.41, 5.74) is 0. The van der Waals surface area contributed by atoms with E-state index in [1.165, 1.54) is 12.8 Å². The van der Waals surface area contributed by atoms with Crippen LogP contribution in [0.4, 0.5) is 11.6 Å². The summed E-state index contributed by atoms with van der Waals surface area (Å²) in [7, 11) is 2.04. The lowest BCUT2D eigenvalue weighted by molar-refractivity contribution is 0.447. The molecule has 0 radical (unpaired) electrons. The summed E-state index contributed by atoms with van der Waals surface area (Å²) in [6.07, 6.45) is 4.16. The highest BCUT2D eigenvalue weighted by Crippen LogP contribution is 2.21. The lowest BCUT2D eigenvalue weighted by Gasteiger charge is -2.33. The van der Waals surface area contributed by atoms with Gasteiger partial charge >= 0.3 is 0 Å². The number of nitrogens with zero attached hydrogens (tertiary/aromatic N) is 4. The first kappa shape index (κ1) is 14.1. The van der Waals surface area contributed by atoms with Gasteiger partial charge < -0.3 is 15.1 Å². The summed E-state index contributed by atoms with van der Waals surface area (Å²) in [4.78, 5) is 13.4. The summed E-state index contributed by atoms with van der Waals surface area (Å²) < 4.78 is 0. The molecular weight excluding hydrogens is 238 g/mol. The quantitative estimate of drug-likeness (QED) is 0.872. The van der Waals surface area contributed by atoms with E-state index in [9.17, 15) is 0 Å². The van der Waals surface area contributed by atoms with Gasteiger partial charge in [-0.2, -0.15) is 0 Å². The lowest BCUT2D eigenvalue weighted by atomic mass is 10.1. The monoisotopic (exact) mass is 263 g/mol. The maximum Gasteiger partial charge on any atom is 0.134 e. The van der Waals surface area contributed by atoms with E-state index in [4.69, 9.17) is 0 Å². The molecule has 2 heterocycles. The smallest absolute Gasteiger partial charge is 0.134 e. The SMILES string of the molecule is CCN(CC)c1cc(N2CCC[C@H](NC)C2)ncn1. The Balaban J connectivity index is 2.13. The maximum atomic E-state index is 4.44. The molecule has 1 N–H and O–H groups in total. The minimum Gasteiger partial charge on any atom is -0.357 e. The van der Waals surface area contributed by atoms with Crippen LogP contribution in [0.2, 0.25) is 0 Å². The molecule has 1 aliphatic heterocycles. The molecule has 1 aliphatic rings. The van der Waals surface area contributed by atoms with E-state index in [1.807, 2.05) is 7.05 Å². The Morgan fingerprint density at radius 3 is 2.84 bits per heavy atom. The van der Waals surface area contributed by atoms with Gasteiger partial charge in [0.1, 0.15) is 18.0 Å². The van der Waals surface area contributed by atoms with Crippen molar-refractivity contribution in [1.82, 2.24) is 15.3 Å². The molecule has 0 bridgehead atoms. The average Bonchev–Trinajstić information content (AvgIpc) is 2.49. The van der Waals surface area contributed by atoms with Crippen molar-refractivity contribution in [3.05, 3.63) is 12.4 Å². The molecule has 0 amide bonds. The number of rotatable bonds is 5. The van der Waals surface area contributed by atoms with Gasteiger partial charge in [0, 0.05) is 38.3 Å². The summed E-state index contributed by atoms with van der Waals surface area (Å²) in [6.45, 7) is 8.39. The largest absolute Gasteiger partial charge is 0.357 e. The Bertz CT molecular complexity index is 391.